The van der Waals surface area contributed by atoms with Crippen LogP contribution in [-0.4, -0.2) is 15.3 Å². The average molecular weight is 493 g/mol. The Labute approximate surface area is 205 Å². The summed E-state index contributed by atoms with van der Waals surface area (Å²) in [6, 6.07) is 19.3. The normalized spacial score (nSPS) is 11.3. The number of aromatic nitrogens is 2. The maximum absolute atomic E-state index is 13.0. The second-order valence-electron chi connectivity index (χ2n) is 7.36. The summed E-state index contributed by atoms with van der Waals surface area (Å²) in [5, 5.41) is 12.9. The van der Waals surface area contributed by atoms with Crippen molar-refractivity contribution in [2.45, 2.75) is 6.92 Å². The maximum Gasteiger partial charge on any atom is 0.295 e. The summed E-state index contributed by atoms with van der Waals surface area (Å²) in [6.45, 7) is 1.71. The number of nitriles is 1. The van der Waals surface area contributed by atoms with Crippen molar-refractivity contribution in [3.05, 3.63) is 98.1 Å². The third-order valence-corrected chi connectivity index (χ3v) is 6.11. The van der Waals surface area contributed by atoms with Gasteiger partial charge in [-0.1, -0.05) is 47.5 Å². The molecule has 0 aliphatic rings. The molecule has 1 N–H and O–H groups in total. The minimum Gasteiger partial charge on any atom is -0.457 e. The maximum atomic E-state index is 13.0. The van der Waals surface area contributed by atoms with Crippen molar-refractivity contribution >= 4 is 40.9 Å². The predicted octanol–water partition coefficient (Wildman–Crippen LogP) is 5.60. The van der Waals surface area contributed by atoms with E-state index in [2.05, 4.69) is 5.32 Å². The Balaban J connectivity index is 1.63. The number of hydrogen-bond acceptors (Lipinski definition) is 4. The fraction of sp³-hybridized carbons (Fsp3) is 0.0800. The van der Waals surface area contributed by atoms with Crippen LogP contribution in [0.25, 0.3) is 23.1 Å². The monoisotopic (exact) mass is 492 g/mol. The molecule has 2 heterocycles. The van der Waals surface area contributed by atoms with E-state index in [1.165, 1.54) is 10.8 Å². The lowest BCUT2D eigenvalue weighted by molar-refractivity contribution is -0.112. The van der Waals surface area contributed by atoms with Gasteiger partial charge in [-0.05, 0) is 43.3 Å². The van der Waals surface area contributed by atoms with Crippen molar-refractivity contribution in [3.8, 4) is 23.1 Å². The van der Waals surface area contributed by atoms with Gasteiger partial charge in [0.05, 0.1) is 21.4 Å². The van der Waals surface area contributed by atoms with Gasteiger partial charge in [0.2, 0.25) is 0 Å². The molecule has 34 heavy (non-hydrogen) atoms. The van der Waals surface area contributed by atoms with Gasteiger partial charge in [0, 0.05) is 18.7 Å². The van der Waals surface area contributed by atoms with Crippen LogP contribution >= 0.6 is 23.2 Å². The topological polar surface area (TPSA) is 93.0 Å². The van der Waals surface area contributed by atoms with E-state index in [-0.39, 0.29) is 17.0 Å². The van der Waals surface area contributed by atoms with Crippen molar-refractivity contribution in [1.82, 2.24) is 9.36 Å². The molecule has 2 aromatic heterocycles. The number of carbonyl (C=O) groups excluding carboxylic acids is 1. The van der Waals surface area contributed by atoms with Gasteiger partial charge >= 0.3 is 0 Å². The molecule has 4 aromatic rings. The molecule has 0 spiro atoms. The molecule has 0 fully saturated rings. The lowest BCUT2D eigenvalue weighted by Gasteiger charge is -2.07. The number of rotatable bonds is 5. The standard InChI is InChI=1S/C25H18Cl2N4O3/c1-15-23(25(33)31(30(15)2)17-7-4-3-5-8-17)29-24(32)16(14-28)13-18-11-12-21(34-18)19-9-6-10-20(26)22(19)27/h3-13H,1-2H3,(H,29,32)/b16-13+. The van der Waals surface area contributed by atoms with Gasteiger partial charge in [0.1, 0.15) is 28.9 Å². The Kier molecular flexibility index (Phi) is 6.46. The molecule has 0 aliphatic heterocycles. The summed E-state index contributed by atoms with van der Waals surface area (Å²) in [6.07, 6.45) is 1.30. The minimum absolute atomic E-state index is 0.0864. The van der Waals surface area contributed by atoms with E-state index < -0.39 is 11.5 Å². The highest BCUT2D eigenvalue weighted by Crippen LogP contribution is 2.34. The fourth-order valence-corrected chi connectivity index (χ4v) is 3.85. The molecule has 0 radical (unpaired) electrons. The first-order valence-corrected chi connectivity index (χ1v) is 10.9. The van der Waals surface area contributed by atoms with E-state index in [1.807, 2.05) is 24.3 Å². The van der Waals surface area contributed by atoms with Crippen molar-refractivity contribution in [1.29, 1.82) is 5.26 Å². The largest absolute Gasteiger partial charge is 0.457 e. The molecule has 2 aromatic carbocycles. The van der Waals surface area contributed by atoms with Gasteiger partial charge in [0.25, 0.3) is 11.5 Å². The van der Waals surface area contributed by atoms with Gasteiger partial charge in [-0.25, -0.2) is 4.68 Å². The van der Waals surface area contributed by atoms with Crippen LogP contribution in [0.3, 0.4) is 0 Å². The summed E-state index contributed by atoms with van der Waals surface area (Å²) in [7, 11) is 1.71. The molecule has 7 nitrogen and oxygen atoms in total. The lowest BCUT2D eigenvalue weighted by Crippen LogP contribution is -2.23. The SMILES string of the molecule is Cc1c(NC(=O)/C(C#N)=C/c2ccc(-c3cccc(Cl)c3Cl)o2)c(=O)n(-c2ccccc2)n1C. The number of benzene rings is 2. The molecule has 1 amide bonds. The first-order chi connectivity index (χ1) is 16.3. The fourth-order valence-electron chi connectivity index (χ4n) is 3.45. The summed E-state index contributed by atoms with van der Waals surface area (Å²) >= 11 is 12.3. The van der Waals surface area contributed by atoms with Crippen molar-refractivity contribution in [3.63, 3.8) is 0 Å². The third-order valence-electron chi connectivity index (χ3n) is 5.29. The van der Waals surface area contributed by atoms with E-state index >= 15 is 0 Å². The van der Waals surface area contributed by atoms with Crippen LogP contribution in [0.1, 0.15) is 11.5 Å². The number of nitrogens with one attached hydrogen (secondary N) is 1. The summed E-state index contributed by atoms with van der Waals surface area (Å²) in [4.78, 5) is 25.9. The molecule has 0 aliphatic carbocycles. The predicted molar refractivity (Wildman–Crippen MR) is 132 cm³/mol. The van der Waals surface area contributed by atoms with Crippen molar-refractivity contribution < 1.29 is 9.21 Å². The van der Waals surface area contributed by atoms with Crippen molar-refractivity contribution in [2.75, 3.05) is 5.32 Å². The van der Waals surface area contributed by atoms with Crippen LogP contribution in [0.4, 0.5) is 5.69 Å². The number of furan rings is 1. The highest BCUT2D eigenvalue weighted by Gasteiger charge is 2.20. The van der Waals surface area contributed by atoms with Crippen LogP contribution < -0.4 is 10.9 Å². The Morgan fingerprint density at radius 3 is 2.53 bits per heavy atom. The Morgan fingerprint density at radius 2 is 1.82 bits per heavy atom. The number of nitrogens with zero attached hydrogens (tertiary/aromatic N) is 3. The van der Waals surface area contributed by atoms with E-state index in [1.54, 1.807) is 61.1 Å². The van der Waals surface area contributed by atoms with Gasteiger partial charge in [-0.15, -0.1) is 0 Å². The first kappa shape index (κ1) is 23.2. The summed E-state index contributed by atoms with van der Waals surface area (Å²) in [5.41, 5.74) is 1.22. The molecule has 9 heteroatoms. The zero-order chi connectivity index (χ0) is 24.4. The molecule has 0 atom stereocenters. The van der Waals surface area contributed by atoms with Gasteiger partial charge in [-0.2, -0.15) is 5.26 Å². The second kappa shape index (κ2) is 9.48. The van der Waals surface area contributed by atoms with Crippen LogP contribution in [0, 0.1) is 18.3 Å². The molecule has 0 saturated carbocycles. The number of halogens is 2. The zero-order valence-electron chi connectivity index (χ0n) is 18.2. The smallest absolute Gasteiger partial charge is 0.295 e. The molecular formula is C25H18Cl2N4O3. The number of amides is 1. The van der Waals surface area contributed by atoms with E-state index in [0.29, 0.717) is 32.8 Å². The Bertz CT molecular complexity index is 1520. The molecule has 0 bridgehead atoms. The molecule has 0 saturated heterocycles. The first-order valence-electron chi connectivity index (χ1n) is 10.1. The van der Waals surface area contributed by atoms with Crippen molar-refractivity contribution in [2.24, 2.45) is 7.05 Å². The Hall–Kier alpha value is -3.99. The zero-order valence-corrected chi connectivity index (χ0v) is 19.7. The van der Waals surface area contributed by atoms with Gasteiger partial charge < -0.3 is 9.73 Å². The van der Waals surface area contributed by atoms with Gasteiger partial charge in [-0.3, -0.25) is 14.3 Å². The van der Waals surface area contributed by atoms with E-state index in [4.69, 9.17) is 27.6 Å². The third kappa shape index (κ3) is 4.29. The molecule has 4 rings (SSSR count). The highest BCUT2D eigenvalue weighted by molar-refractivity contribution is 6.43. The second-order valence-corrected chi connectivity index (χ2v) is 8.15. The van der Waals surface area contributed by atoms with Crippen LogP contribution in [0.15, 0.2) is 75.4 Å². The summed E-state index contributed by atoms with van der Waals surface area (Å²) < 4.78 is 8.82. The van der Waals surface area contributed by atoms with Crippen LogP contribution in [-0.2, 0) is 11.8 Å². The lowest BCUT2D eigenvalue weighted by atomic mass is 10.2. The summed E-state index contributed by atoms with van der Waals surface area (Å²) in [5.74, 6) is -0.0300. The minimum atomic E-state index is -0.729. The molecule has 0 unspecified atom stereocenters. The van der Waals surface area contributed by atoms with Crippen LogP contribution in [0.2, 0.25) is 10.0 Å². The number of anilines is 1. The van der Waals surface area contributed by atoms with E-state index in [0.717, 1.165) is 0 Å². The molecule has 170 valence electrons. The number of hydrogen-bond donors (Lipinski definition) is 1. The Morgan fingerprint density at radius 1 is 1.09 bits per heavy atom. The van der Waals surface area contributed by atoms with Crippen LogP contribution in [0.5, 0.6) is 0 Å². The van der Waals surface area contributed by atoms with Gasteiger partial charge in [0.15, 0.2) is 0 Å². The van der Waals surface area contributed by atoms with E-state index in [9.17, 15) is 14.9 Å². The molecular weight excluding hydrogens is 475 g/mol. The number of para-hydroxylation sites is 1. The quantitative estimate of drug-likeness (QED) is 0.290. The highest BCUT2D eigenvalue weighted by atomic mass is 35.5. The average Bonchev–Trinajstić information content (AvgIpc) is 3.38. The number of carbonyl (C=O) groups is 1.